The lowest BCUT2D eigenvalue weighted by molar-refractivity contribution is -0.118. The summed E-state index contributed by atoms with van der Waals surface area (Å²) in [4.78, 5) is 15.6. The summed E-state index contributed by atoms with van der Waals surface area (Å²) in [5, 5.41) is 12.6. The van der Waals surface area contributed by atoms with Crippen LogP contribution in [-0.4, -0.2) is 32.5 Å². The third-order valence-corrected chi connectivity index (χ3v) is 5.27. The fraction of sp³-hybridized carbons (Fsp3) is 0.273. The van der Waals surface area contributed by atoms with E-state index in [2.05, 4.69) is 16.9 Å². The molecule has 0 saturated heterocycles. The smallest absolute Gasteiger partial charge is 0.243 e. The lowest BCUT2D eigenvalue weighted by Crippen LogP contribution is -2.48. The van der Waals surface area contributed by atoms with Gasteiger partial charge in [-0.3, -0.25) is 4.79 Å². The second-order valence-electron chi connectivity index (χ2n) is 7.21. The molecule has 0 spiro atoms. The monoisotopic (exact) mass is 395 g/mol. The van der Waals surface area contributed by atoms with Gasteiger partial charge in [-0.1, -0.05) is 13.5 Å². The van der Waals surface area contributed by atoms with Crippen molar-refractivity contribution in [3.63, 3.8) is 0 Å². The number of aromatic nitrogens is 2. The van der Waals surface area contributed by atoms with Crippen LogP contribution in [0.2, 0.25) is 0 Å². The number of carbonyl (C=O) groups excluding carboxylic acids is 1. The minimum absolute atomic E-state index is 0.0266. The van der Waals surface area contributed by atoms with Gasteiger partial charge in [0.1, 0.15) is 17.4 Å². The standard InChI is InChI=1S/C22H22FN3O3/c1-3-13-5-20(27)18(23)9-17(13)14-6-21(19-10-24-12-26(19)11-14)29-16-7-15(8-16)25-22(28)4-2/h4-6,9-12,15-16,27H,2-3,7-8H2,1H3,(H,25,28)/t15-,16+. The molecule has 29 heavy (non-hydrogen) atoms. The molecule has 7 heteroatoms. The molecular formula is C22H22FN3O3. The van der Waals surface area contributed by atoms with E-state index in [-0.39, 0.29) is 23.8 Å². The third kappa shape index (κ3) is 3.68. The second-order valence-corrected chi connectivity index (χ2v) is 7.21. The number of aryl methyl sites for hydroxylation is 1. The van der Waals surface area contributed by atoms with E-state index in [1.165, 1.54) is 18.2 Å². The van der Waals surface area contributed by atoms with Crippen molar-refractivity contribution in [3.8, 4) is 22.6 Å². The summed E-state index contributed by atoms with van der Waals surface area (Å²) in [6, 6.07) is 4.76. The van der Waals surface area contributed by atoms with Gasteiger partial charge in [-0.25, -0.2) is 9.37 Å². The van der Waals surface area contributed by atoms with Crippen molar-refractivity contribution in [2.45, 2.75) is 38.3 Å². The molecule has 0 radical (unpaired) electrons. The Morgan fingerprint density at radius 3 is 2.97 bits per heavy atom. The highest BCUT2D eigenvalue weighted by Crippen LogP contribution is 2.35. The van der Waals surface area contributed by atoms with Crippen molar-refractivity contribution in [3.05, 3.63) is 61.0 Å². The van der Waals surface area contributed by atoms with E-state index in [1.54, 1.807) is 12.5 Å². The second kappa shape index (κ2) is 7.58. The van der Waals surface area contributed by atoms with Crippen LogP contribution in [-0.2, 0) is 11.2 Å². The van der Waals surface area contributed by atoms with E-state index in [4.69, 9.17) is 4.74 Å². The number of hydrogen-bond donors (Lipinski definition) is 2. The summed E-state index contributed by atoms with van der Waals surface area (Å²) in [6.07, 6.45) is 8.55. The van der Waals surface area contributed by atoms with Crippen LogP contribution in [0, 0.1) is 5.82 Å². The van der Waals surface area contributed by atoms with Crippen LogP contribution in [0.4, 0.5) is 4.39 Å². The first-order chi connectivity index (χ1) is 14.0. The average molecular weight is 395 g/mol. The molecule has 2 aromatic heterocycles. The quantitative estimate of drug-likeness (QED) is 0.625. The van der Waals surface area contributed by atoms with E-state index in [0.717, 1.165) is 16.6 Å². The van der Waals surface area contributed by atoms with Gasteiger partial charge in [-0.15, -0.1) is 0 Å². The summed E-state index contributed by atoms with van der Waals surface area (Å²) in [5.41, 5.74) is 3.12. The molecule has 2 heterocycles. The Bertz CT molecular complexity index is 1090. The van der Waals surface area contributed by atoms with Crippen LogP contribution >= 0.6 is 0 Å². The molecule has 1 aliphatic rings. The summed E-state index contributed by atoms with van der Waals surface area (Å²) in [5.74, 6) is -0.554. The predicted octanol–water partition coefficient (Wildman–Crippen LogP) is 3.62. The zero-order chi connectivity index (χ0) is 20.5. The van der Waals surface area contributed by atoms with Crippen molar-refractivity contribution in [1.29, 1.82) is 0 Å². The fourth-order valence-electron chi connectivity index (χ4n) is 3.63. The van der Waals surface area contributed by atoms with E-state index < -0.39 is 5.82 Å². The summed E-state index contributed by atoms with van der Waals surface area (Å²) in [6.45, 7) is 5.41. The fourth-order valence-corrected chi connectivity index (χ4v) is 3.63. The van der Waals surface area contributed by atoms with Crippen LogP contribution < -0.4 is 10.1 Å². The topological polar surface area (TPSA) is 75.9 Å². The van der Waals surface area contributed by atoms with E-state index >= 15 is 0 Å². The van der Waals surface area contributed by atoms with Gasteiger partial charge in [0.25, 0.3) is 0 Å². The highest BCUT2D eigenvalue weighted by Gasteiger charge is 2.32. The number of fused-ring (bicyclic) bond motifs is 1. The van der Waals surface area contributed by atoms with Gasteiger partial charge in [-0.05, 0) is 41.8 Å². The largest absolute Gasteiger partial charge is 0.505 e. The lowest BCUT2D eigenvalue weighted by Gasteiger charge is -2.35. The molecule has 3 aromatic rings. The van der Waals surface area contributed by atoms with Crippen molar-refractivity contribution < 1.29 is 19.0 Å². The number of halogens is 1. The van der Waals surface area contributed by atoms with Crippen LogP contribution in [0.5, 0.6) is 11.5 Å². The van der Waals surface area contributed by atoms with Crippen molar-refractivity contribution in [2.75, 3.05) is 0 Å². The van der Waals surface area contributed by atoms with Crippen LogP contribution in [0.25, 0.3) is 16.6 Å². The normalized spacial score (nSPS) is 18.3. The number of phenolic OH excluding ortho intramolecular Hbond substituents is 1. The molecule has 1 amide bonds. The third-order valence-electron chi connectivity index (χ3n) is 5.27. The van der Waals surface area contributed by atoms with Gasteiger partial charge in [0.15, 0.2) is 11.6 Å². The molecular weight excluding hydrogens is 373 g/mol. The SMILES string of the molecule is C=CC(=O)N[C@H]1C[C@@H](Oc2cc(-c3cc(F)c(O)cc3CC)cn3cncc23)C1. The number of aromatic hydroxyl groups is 1. The minimum atomic E-state index is -0.662. The van der Waals surface area contributed by atoms with Crippen molar-refractivity contribution in [2.24, 2.45) is 0 Å². The number of phenols is 1. The number of pyridine rings is 1. The zero-order valence-electron chi connectivity index (χ0n) is 16.1. The maximum absolute atomic E-state index is 14.0. The highest BCUT2D eigenvalue weighted by atomic mass is 19.1. The van der Waals surface area contributed by atoms with Gasteiger partial charge in [0, 0.05) is 30.6 Å². The maximum Gasteiger partial charge on any atom is 0.243 e. The Balaban J connectivity index is 1.63. The minimum Gasteiger partial charge on any atom is -0.505 e. The Morgan fingerprint density at radius 2 is 2.24 bits per heavy atom. The average Bonchev–Trinajstić information content (AvgIpc) is 3.16. The van der Waals surface area contributed by atoms with Crippen molar-refractivity contribution >= 4 is 11.4 Å². The number of amides is 1. The van der Waals surface area contributed by atoms with Crippen LogP contribution in [0.1, 0.15) is 25.3 Å². The first-order valence-electron chi connectivity index (χ1n) is 9.55. The Morgan fingerprint density at radius 1 is 1.45 bits per heavy atom. The lowest BCUT2D eigenvalue weighted by atomic mass is 9.89. The molecule has 0 bridgehead atoms. The molecule has 0 unspecified atom stereocenters. The summed E-state index contributed by atoms with van der Waals surface area (Å²) < 4.78 is 22.1. The molecule has 150 valence electrons. The first kappa shape index (κ1) is 19.0. The van der Waals surface area contributed by atoms with Crippen LogP contribution in [0.15, 0.2) is 49.6 Å². The van der Waals surface area contributed by atoms with Crippen molar-refractivity contribution in [1.82, 2.24) is 14.7 Å². The molecule has 1 saturated carbocycles. The summed E-state index contributed by atoms with van der Waals surface area (Å²) in [7, 11) is 0. The number of hydrogen-bond acceptors (Lipinski definition) is 4. The van der Waals surface area contributed by atoms with Gasteiger partial charge in [0.2, 0.25) is 5.91 Å². The van der Waals surface area contributed by atoms with Gasteiger partial charge < -0.3 is 19.6 Å². The van der Waals surface area contributed by atoms with E-state index in [0.29, 0.717) is 30.6 Å². The number of nitrogens with zero attached hydrogens (tertiary/aromatic N) is 2. The first-order valence-corrected chi connectivity index (χ1v) is 9.55. The Hall–Kier alpha value is -3.35. The number of benzene rings is 1. The van der Waals surface area contributed by atoms with Gasteiger partial charge in [0.05, 0.1) is 12.5 Å². The zero-order valence-corrected chi connectivity index (χ0v) is 16.1. The molecule has 6 nitrogen and oxygen atoms in total. The molecule has 2 N–H and O–H groups in total. The number of imidazole rings is 1. The molecule has 1 fully saturated rings. The maximum atomic E-state index is 14.0. The van der Waals surface area contributed by atoms with Gasteiger partial charge >= 0.3 is 0 Å². The Labute approximate surface area is 167 Å². The Kier molecular flexibility index (Phi) is 4.96. The molecule has 1 aromatic carbocycles. The number of ether oxygens (including phenoxy) is 1. The number of nitrogens with one attached hydrogen (secondary N) is 1. The molecule has 0 atom stereocenters. The molecule has 1 aliphatic carbocycles. The molecule has 0 aliphatic heterocycles. The van der Waals surface area contributed by atoms with E-state index in [9.17, 15) is 14.3 Å². The molecule has 4 rings (SSSR count). The highest BCUT2D eigenvalue weighted by molar-refractivity contribution is 5.87. The number of carbonyl (C=O) groups is 1. The summed E-state index contributed by atoms with van der Waals surface area (Å²) >= 11 is 0. The van der Waals surface area contributed by atoms with Gasteiger partial charge in [-0.2, -0.15) is 0 Å². The predicted molar refractivity (Wildman–Crippen MR) is 107 cm³/mol. The van der Waals surface area contributed by atoms with Crippen LogP contribution in [0.3, 0.4) is 0 Å². The van der Waals surface area contributed by atoms with E-state index in [1.807, 2.05) is 23.6 Å². The number of rotatable bonds is 6.